The molecule has 0 saturated carbocycles. The first-order chi connectivity index (χ1) is 12.0. The lowest BCUT2D eigenvalue weighted by atomic mass is 9.89. The van der Waals surface area contributed by atoms with Crippen molar-refractivity contribution < 1.29 is 87.2 Å². The first kappa shape index (κ1) is 28.0. The van der Waals surface area contributed by atoms with E-state index in [4.69, 9.17) is 13.7 Å². The van der Waals surface area contributed by atoms with E-state index in [1.54, 1.807) is 0 Å². The molecule has 176 valence electrons. The molecular weight excluding hydrogens is 521 g/mol. The maximum atomic E-state index is 14.2. The van der Waals surface area contributed by atoms with Crippen molar-refractivity contribution in [2.75, 3.05) is 0 Å². The van der Waals surface area contributed by atoms with Gasteiger partial charge in [0, 0.05) is 0 Å². The zero-order valence-corrected chi connectivity index (χ0v) is 14.6. The van der Waals surface area contributed by atoms with Gasteiger partial charge in [0.25, 0.3) is 0 Å². The summed E-state index contributed by atoms with van der Waals surface area (Å²) in [5, 5.41) is -24.2. The van der Waals surface area contributed by atoms with Crippen molar-refractivity contribution in [3.05, 3.63) is 0 Å². The fourth-order valence-electron chi connectivity index (χ4n) is 1.47. The second-order valence-electron chi connectivity index (χ2n) is 4.78. The molecule has 0 amide bonds. The van der Waals surface area contributed by atoms with Crippen molar-refractivity contribution in [1.82, 2.24) is 0 Å². The summed E-state index contributed by atoms with van der Waals surface area (Å²) in [6.07, 6.45) is 0. The number of alkyl halides is 11. The maximum absolute atomic E-state index is 14.2. The van der Waals surface area contributed by atoms with Crippen LogP contribution in [0.15, 0.2) is 0 Å². The molecule has 0 radical (unpaired) electrons. The standard InChI is InChI=1S/C6H3F11O9S3/c7-1(4(12,13)27(18,19)20,2(8,9)5(14,15)28(21,22)23)3(10,11)6(16,17)29(24,25)26/h(H,18,19,20)(H,21,22,23)(H,24,25,26). The highest BCUT2D eigenvalue weighted by molar-refractivity contribution is 7.87. The molecule has 0 aromatic carbocycles. The molecule has 0 aromatic rings. The van der Waals surface area contributed by atoms with Crippen LogP contribution in [0.3, 0.4) is 0 Å². The third-order valence-corrected chi connectivity index (χ3v) is 5.71. The smallest absolute Gasteiger partial charge is 0.281 e. The molecule has 0 atom stereocenters. The highest BCUT2D eigenvalue weighted by Gasteiger charge is 2.98. The van der Waals surface area contributed by atoms with Crippen molar-refractivity contribution >= 4 is 30.4 Å². The molecule has 0 heterocycles. The molecule has 0 aliphatic rings. The van der Waals surface area contributed by atoms with Gasteiger partial charge in [0.05, 0.1) is 0 Å². The fraction of sp³-hybridized carbons (Fsp3) is 1.00. The lowest BCUT2D eigenvalue weighted by Crippen LogP contribution is -2.78. The monoisotopic (exact) mass is 524 g/mol. The Labute approximate surface area is 151 Å². The summed E-state index contributed by atoms with van der Waals surface area (Å²) in [4.78, 5) is 0. The molecule has 0 fully saturated rings. The average molecular weight is 524 g/mol. The van der Waals surface area contributed by atoms with Gasteiger partial charge in [0.2, 0.25) is 0 Å². The van der Waals surface area contributed by atoms with Gasteiger partial charge in [-0.2, -0.15) is 69.2 Å². The van der Waals surface area contributed by atoms with E-state index in [1.165, 1.54) is 0 Å². The first-order valence-electron chi connectivity index (χ1n) is 5.49. The molecule has 23 heteroatoms. The van der Waals surface area contributed by atoms with Crippen LogP contribution in [0.1, 0.15) is 0 Å². The van der Waals surface area contributed by atoms with Gasteiger partial charge >= 0.3 is 63.6 Å². The molecule has 0 unspecified atom stereocenters. The number of rotatable bonds is 8. The second-order valence-corrected chi connectivity index (χ2v) is 9.17. The summed E-state index contributed by atoms with van der Waals surface area (Å²) in [6, 6.07) is 0. The van der Waals surface area contributed by atoms with Gasteiger partial charge in [-0.3, -0.25) is 13.7 Å². The molecule has 0 rings (SSSR count). The quantitative estimate of drug-likeness (QED) is 0.315. The molecule has 0 aliphatic heterocycles. The van der Waals surface area contributed by atoms with Gasteiger partial charge < -0.3 is 0 Å². The Morgan fingerprint density at radius 1 is 0.414 bits per heavy atom. The first-order valence-corrected chi connectivity index (χ1v) is 9.81. The van der Waals surface area contributed by atoms with Crippen LogP contribution in [0.4, 0.5) is 48.3 Å². The third-order valence-electron chi connectivity index (χ3n) is 2.97. The molecule has 0 aromatic heterocycles. The van der Waals surface area contributed by atoms with Crippen molar-refractivity contribution in [2.24, 2.45) is 0 Å². The number of halogens is 11. The number of hydrogen-bond acceptors (Lipinski definition) is 6. The van der Waals surface area contributed by atoms with Crippen molar-refractivity contribution in [3.8, 4) is 0 Å². The van der Waals surface area contributed by atoms with Crippen molar-refractivity contribution in [2.45, 2.75) is 33.3 Å². The van der Waals surface area contributed by atoms with E-state index in [-0.39, 0.29) is 0 Å². The summed E-state index contributed by atoms with van der Waals surface area (Å²) in [5.74, 6) is -17.3. The van der Waals surface area contributed by atoms with E-state index in [0.717, 1.165) is 0 Å². The Kier molecular flexibility index (Phi) is 6.25. The van der Waals surface area contributed by atoms with Crippen molar-refractivity contribution in [3.63, 3.8) is 0 Å². The summed E-state index contributed by atoms with van der Waals surface area (Å²) < 4.78 is 233. The molecule has 29 heavy (non-hydrogen) atoms. The van der Waals surface area contributed by atoms with Crippen LogP contribution in [0.5, 0.6) is 0 Å². The molecule has 0 spiro atoms. The van der Waals surface area contributed by atoms with Crippen LogP contribution in [-0.2, 0) is 30.4 Å². The topological polar surface area (TPSA) is 163 Å². The highest BCUT2D eigenvalue weighted by atomic mass is 32.2. The molecular formula is C6H3F11O9S3. The highest BCUT2D eigenvalue weighted by Crippen LogP contribution is 2.64. The predicted octanol–water partition coefficient (Wildman–Crippen LogP) is 1.41. The van der Waals surface area contributed by atoms with Crippen LogP contribution in [0.2, 0.25) is 0 Å². The summed E-state index contributed by atoms with van der Waals surface area (Å²) in [7, 11) is -24.3. The summed E-state index contributed by atoms with van der Waals surface area (Å²) in [5.41, 5.74) is -8.86. The Morgan fingerprint density at radius 3 is 0.724 bits per heavy atom. The summed E-state index contributed by atoms with van der Waals surface area (Å²) >= 11 is 0. The Balaban J connectivity index is 7.88. The van der Waals surface area contributed by atoms with E-state index in [0.29, 0.717) is 0 Å². The van der Waals surface area contributed by atoms with Crippen LogP contribution in [0, 0.1) is 0 Å². The van der Waals surface area contributed by atoms with Gasteiger partial charge in [-0.05, 0) is 0 Å². The Morgan fingerprint density at radius 2 is 0.586 bits per heavy atom. The van der Waals surface area contributed by atoms with Crippen LogP contribution >= 0.6 is 0 Å². The normalized spacial score (nSPS) is 16.8. The predicted molar refractivity (Wildman–Crippen MR) is 63.2 cm³/mol. The zero-order chi connectivity index (χ0) is 24.5. The van der Waals surface area contributed by atoms with E-state index >= 15 is 0 Å². The molecule has 9 nitrogen and oxygen atoms in total. The summed E-state index contributed by atoms with van der Waals surface area (Å²) in [6.45, 7) is 0. The molecule has 0 aliphatic carbocycles. The van der Waals surface area contributed by atoms with E-state index in [9.17, 15) is 73.5 Å². The lowest BCUT2D eigenvalue weighted by Gasteiger charge is -2.44. The van der Waals surface area contributed by atoms with Crippen LogP contribution < -0.4 is 0 Å². The average Bonchev–Trinajstić information content (AvgIpc) is 2.41. The van der Waals surface area contributed by atoms with E-state index in [1.807, 2.05) is 0 Å². The largest absolute Gasteiger partial charge is 0.435 e. The van der Waals surface area contributed by atoms with Gasteiger partial charge in [-0.1, -0.05) is 0 Å². The Bertz CT molecular complexity index is 925. The van der Waals surface area contributed by atoms with E-state index in [2.05, 4.69) is 0 Å². The Hall–Kier alpha value is -1.04. The fourth-order valence-corrected chi connectivity index (χ4v) is 3.01. The molecule has 0 bridgehead atoms. The maximum Gasteiger partial charge on any atom is 0.435 e. The van der Waals surface area contributed by atoms with Gasteiger partial charge in [-0.25, -0.2) is 4.39 Å². The number of hydrogen-bond donors (Lipinski definition) is 3. The lowest BCUT2D eigenvalue weighted by molar-refractivity contribution is -0.369. The minimum atomic E-state index is -8.86. The molecule has 3 N–H and O–H groups in total. The van der Waals surface area contributed by atoms with Gasteiger partial charge in [0.15, 0.2) is 0 Å². The SMILES string of the molecule is O=S(=O)(O)C(F)(F)C(F)(F)C(F)(C(F)(F)C(F)(F)S(=O)(=O)O)C(F)(F)S(=O)(=O)O. The van der Waals surface area contributed by atoms with Crippen molar-refractivity contribution in [1.29, 1.82) is 0 Å². The van der Waals surface area contributed by atoms with E-state index < -0.39 is 63.6 Å². The minimum Gasteiger partial charge on any atom is -0.281 e. The van der Waals surface area contributed by atoms with Crippen LogP contribution in [0.25, 0.3) is 0 Å². The van der Waals surface area contributed by atoms with Crippen LogP contribution in [-0.4, -0.2) is 72.2 Å². The second kappa shape index (κ2) is 6.48. The van der Waals surface area contributed by atoms with Gasteiger partial charge in [-0.15, -0.1) is 0 Å². The van der Waals surface area contributed by atoms with Gasteiger partial charge in [0.1, 0.15) is 0 Å². The molecule has 0 saturated heterocycles. The third kappa shape index (κ3) is 3.34. The minimum absolute atomic E-state index is 7.86. The zero-order valence-electron chi connectivity index (χ0n) is 12.2.